The Morgan fingerprint density at radius 1 is 1.00 bits per heavy atom. The monoisotopic (exact) mass is 367 g/mol. The van der Waals surface area contributed by atoms with Gasteiger partial charge in [-0.1, -0.05) is 23.2 Å². The molecule has 0 saturated heterocycles. The maximum atomic E-state index is 10.4. The number of fused-ring (bicyclic) bond motifs is 3. The van der Waals surface area contributed by atoms with Crippen LogP contribution in [0, 0.1) is 0 Å². The molecule has 128 valence electrons. The van der Waals surface area contributed by atoms with Crippen LogP contribution >= 0.6 is 23.2 Å². The van der Waals surface area contributed by atoms with Crippen molar-refractivity contribution in [3.8, 4) is 0 Å². The molecule has 2 aromatic carbocycles. The summed E-state index contributed by atoms with van der Waals surface area (Å²) in [5.41, 5.74) is 2.07. The van der Waals surface area contributed by atoms with E-state index in [2.05, 4.69) is 4.57 Å². The van der Waals surface area contributed by atoms with Gasteiger partial charge < -0.3 is 20.1 Å². The lowest BCUT2D eigenvalue weighted by Crippen LogP contribution is -2.86. The van der Waals surface area contributed by atoms with E-state index in [1.807, 2.05) is 41.7 Å². The third kappa shape index (κ3) is 3.68. The number of quaternary nitrogens is 1. The van der Waals surface area contributed by atoms with E-state index in [0.717, 1.165) is 34.8 Å². The third-order valence-corrected chi connectivity index (χ3v) is 4.66. The Hall–Kier alpha value is -1.30. The van der Waals surface area contributed by atoms with E-state index >= 15 is 0 Å². The first kappa shape index (κ1) is 17.5. The highest BCUT2D eigenvalue weighted by atomic mass is 35.5. The van der Waals surface area contributed by atoms with Gasteiger partial charge in [-0.3, -0.25) is 0 Å². The van der Waals surface area contributed by atoms with Crippen LogP contribution in [-0.4, -0.2) is 40.6 Å². The highest BCUT2D eigenvalue weighted by Gasteiger charge is 2.15. The minimum absolute atomic E-state index is 0.182. The summed E-state index contributed by atoms with van der Waals surface area (Å²) in [7, 11) is 0. The first-order valence-corrected chi connectivity index (χ1v) is 8.83. The zero-order valence-electron chi connectivity index (χ0n) is 13.3. The van der Waals surface area contributed by atoms with Gasteiger partial charge in [-0.25, -0.2) is 0 Å². The van der Waals surface area contributed by atoms with Crippen molar-refractivity contribution < 1.29 is 15.5 Å². The van der Waals surface area contributed by atoms with Crippen LogP contribution in [0.4, 0.5) is 0 Å². The maximum absolute atomic E-state index is 10.4. The Balaban J connectivity index is 1.93. The highest BCUT2D eigenvalue weighted by molar-refractivity contribution is 6.33. The molecule has 0 bridgehead atoms. The first-order chi connectivity index (χ1) is 11.6. The van der Waals surface area contributed by atoms with Gasteiger partial charge in [-0.05, 0) is 36.4 Å². The Kier molecular flexibility index (Phi) is 5.64. The fourth-order valence-corrected chi connectivity index (χ4v) is 3.42. The highest BCUT2D eigenvalue weighted by Crippen LogP contribution is 2.32. The summed E-state index contributed by atoms with van der Waals surface area (Å²) in [6.07, 6.45) is 0.257. The lowest BCUT2D eigenvalue weighted by molar-refractivity contribution is -0.661. The summed E-state index contributed by atoms with van der Waals surface area (Å²) in [5.74, 6) is 0. The molecule has 0 unspecified atom stereocenters. The summed E-state index contributed by atoms with van der Waals surface area (Å²) >= 11 is 12.3. The summed E-state index contributed by atoms with van der Waals surface area (Å²) in [5, 5.41) is 24.7. The summed E-state index contributed by atoms with van der Waals surface area (Å²) < 4.78 is 2.11. The molecule has 1 heterocycles. The lowest BCUT2D eigenvalue weighted by atomic mass is 10.1. The van der Waals surface area contributed by atoms with E-state index in [4.69, 9.17) is 28.3 Å². The van der Waals surface area contributed by atoms with E-state index in [9.17, 15) is 5.11 Å². The molecule has 3 rings (SSSR count). The molecule has 1 atom stereocenters. The Bertz CT molecular complexity index is 789. The fourth-order valence-electron chi connectivity index (χ4n) is 3.08. The van der Waals surface area contributed by atoms with Gasteiger partial charge in [0, 0.05) is 44.9 Å². The maximum Gasteiger partial charge on any atom is 0.121 e. The number of aliphatic hydroxyl groups is 2. The second kappa shape index (κ2) is 7.72. The average molecular weight is 368 g/mol. The van der Waals surface area contributed by atoms with E-state index in [1.54, 1.807) is 0 Å². The summed E-state index contributed by atoms with van der Waals surface area (Å²) in [6.45, 7) is 2.09. The van der Waals surface area contributed by atoms with Crippen LogP contribution in [0.5, 0.6) is 0 Å². The molecule has 0 aliphatic rings. The number of nitrogens with zero attached hydrogens (tertiary/aromatic N) is 1. The molecule has 24 heavy (non-hydrogen) atoms. The van der Waals surface area contributed by atoms with Crippen molar-refractivity contribution >= 4 is 45.0 Å². The second-order valence-electron chi connectivity index (χ2n) is 5.98. The van der Waals surface area contributed by atoms with E-state index in [0.29, 0.717) is 23.1 Å². The largest absolute Gasteiger partial charge is 0.396 e. The van der Waals surface area contributed by atoms with Crippen molar-refractivity contribution in [2.24, 2.45) is 0 Å². The minimum atomic E-state index is -0.478. The number of rotatable bonds is 7. The fraction of sp³-hybridized carbons (Fsp3) is 0.333. The SMILES string of the molecule is OCCC[NH2+]C[C@H](O)Cn1c2ccc(Cl)cc2c2cc(Cl)ccc21. The number of hydrogen-bond donors (Lipinski definition) is 3. The van der Waals surface area contributed by atoms with Crippen molar-refractivity contribution in [3.05, 3.63) is 46.4 Å². The number of nitrogens with two attached hydrogens (primary N) is 1. The number of benzene rings is 2. The van der Waals surface area contributed by atoms with Gasteiger partial charge in [-0.2, -0.15) is 0 Å². The van der Waals surface area contributed by atoms with Crippen molar-refractivity contribution in [3.63, 3.8) is 0 Å². The molecule has 0 radical (unpaired) electrons. The first-order valence-electron chi connectivity index (χ1n) is 8.07. The zero-order chi connectivity index (χ0) is 17.1. The normalized spacial score (nSPS) is 13.0. The van der Waals surface area contributed by atoms with Crippen LogP contribution in [0.2, 0.25) is 10.0 Å². The van der Waals surface area contributed by atoms with Gasteiger partial charge in [0.05, 0.1) is 13.1 Å². The molecule has 4 nitrogen and oxygen atoms in total. The molecule has 1 aromatic heterocycles. The van der Waals surface area contributed by atoms with Gasteiger partial charge in [0.1, 0.15) is 12.6 Å². The van der Waals surface area contributed by atoms with Crippen LogP contribution in [-0.2, 0) is 6.54 Å². The molecule has 6 heteroatoms. The van der Waals surface area contributed by atoms with Gasteiger partial charge in [-0.15, -0.1) is 0 Å². The third-order valence-electron chi connectivity index (χ3n) is 4.19. The number of aliphatic hydroxyl groups excluding tert-OH is 2. The van der Waals surface area contributed by atoms with Gasteiger partial charge in [0.25, 0.3) is 0 Å². The van der Waals surface area contributed by atoms with Crippen molar-refractivity contribution in [1.29, 1.82) is 0 Å². The predicted molar refractivity (Wildman–Crippen MR) is 98.8 cm³/mol. The summed E-state index contributed by atoms with van der Waals surface area (Å²) in [6, 6.07) is 11.6. The molecule has 0 fully saturated rings. The Morgan fingerprint density at radius 2 is 1.58 bits per heavy atom. The lowest BCUT2D eigenvalue weighted by Gasteiger charge is -2.13. The van der Waals surface area contributed by atoms with E-state index in [1.165, 1.54) is 0 Å². The van der Waals surface area contributed by atoms with E-state index in [-0.39, 0.29) is 6.61 Å². The van der Waals surface area contributed by atoms with Crippen molar-refractivity contribution in [1.82, 2.24) is 4.57 Å². The molecule has 0 saturated carbocycles. The van der Waals surface area contributed by atoms with E-state index < -0.39 is 6.10 Å². The molecule has 0 aliphatic carbocycles. The molecule has 0 amide bonds. The van der Waals surface area contributed by atoms with Gasteiger partial charge in [0.2, 0.25) is 0 Å². The minimum Gasteiger partial charge on any atom is -0.396 e. The molecule has 4 N–H and O–H groups in total. The molecule has 3 aromatic rings. The number of hydrogen-bond acceptors (Lipinski definition) is 2. The van der Waals surface area contributed by atoms with Crippen LogP contribution < -0.4 is 5.32 Å². The summed E-state index contributed by atoms with van der Waals surface area (Å²) in [4.78, 5) is 0. The molecular weight excluding hydrogens is 347 g/mol. The van der Waals surface area contributed by atoms with Crippen LogP contribution in [0.1, 0.15) is 6.42 Å². The quantitative estimate of drug-likeness (QED) is 0.561. The molecule has 0 spiro atoms. The smallest absolute Gasteiger partial charge is 0.121 e. The molecular formula is C18H21Cl2N2O2+. The Labute approximate surface area is 150 Å². The van der Waals surface area contributed by atoms with Crippen molar-refractivity contribution in [2.45, 2.75) is 19.1 Å². The number of halogens is 2. The Morgan fingerprint density at radius 3 is 2.12 bits per heavy atom. The standard InChI is InChI=1S/C18H20Cl2N2O2/c19-12-2-4-17-15(8-12)16-9-13(20)3-5-18(16)22(17)11-14(24)10-21-6-1-7-23/h2-5,8-9,14,21,23-24H,1,6-7,10-11H2/p+1/t14-/m0/s1. The average Bonchev–Trinajstić information content (AvgIpc) is 2.84. The van der Waals surface area contributed by atoms with Gasteiger partial charge >= 0.3 is 0 Å². The topological polar surface area (TPSA) is 62.0 Å². The zero-order valence-corrected chi connectivity index (χ0v) is 14.8. The van der Waals surface area contributed by atoms with Gasteiger partial charge in [0.15, 0.2) is 0 Å². The second-order valence-corrected chi connectivity index (χ2v) is 6.85. The van der Waals surface area contributed by atoms with Crippen LogP contribution in [0.25, 0.3) is 21.8 Å². The number of aromatic nitrogens is 1. The van der Waals surface area contributed by atoms with Crippen molar-refractivity contribution in [2.75, 3.05) is 19.7 Å². The van der Waals surface area contributed by atoms with Crippen LogP contribution in [0.3, 0.4) is 0 Å². The predicted octanol–water partition coefficient (Wildman–Crippen LogP) is 2.41. The van der Waals surface area contributed by atoms with Crippen LogP contribution in [0.15, 0.2) is 36.4 Å². The molecule has 0 aliphatic heterocycles.